The van der Waals surface area contributed by atoms with Crippen LogP contribution < -0.4 is 10.4 Å². The van der Waals surface area contributed by atoms with E-state index in [1.54, 1.807) is 17.9 Å². The molecule has 2 aliphatic rings. The summed E-state index contributed by atoms with van der Waals surface area (Å²) in [7, 11) is 0. The highest BCUT2D eigenvalue weighted by atomic mass is 16.5. The van der Waals surface area contributed by atoms with Gasteiger partial charge in [-0.05, 0) is 44.0 Å². The lowest BCUT2D eigenvalue weighted by Crippen LogP contribution is -2.34. The van der Waals surface area contributed by atoms with E-state index in [0.717, 1.165) is 11.1 Å². The quantitative estimate of drug-likeness (QED) is 0.603. The fourth-order valence-electron chi connectivity index (χ4n) is 3.84. The standard InChI is InChI=1S/C20H21NO6/c1-10-4-15(18-11(2)12(3)19(23)27-16(18)5-10)25-9-17(22)21-6-13-8-26-20(24)14(13)7-21/h4-5,13-14H,6-9H2,1-3H3/t13-,14-/m1/s1. The molecule has 2 fully saturated rings. The van der Waals surface area contributed by atoms with Gasteiger partial charge in [-0.2, -0.15) is 0 Å². The number of carbonyl (C=O) groups excluding carboxylic acids is 2. The summed E-state index contributed by atoms with van der Waals surface area (Å²) in [5, 5.41) is 0.701. The molecular weight excluding hydrogens is 350 g/mol. The van der Waals surface area contributed by atoms with Gasteiger partial charge in [-0.25, -0.2) is 4.79 Å². The average Bonchev–Trinajstić information content (AvgIpc) is 3.19. The van der Waals surface area contributed by atoms with Gasteiger partial charge in [-0.3, -0.25) is 9.59 Å². The van der Waals surface area contributed by atoms with Crippen LogP contribution >= 0.6 is 0 Å². The van der Waals surface area contributed by atoms with E-state index in [1.807, 2.05) is 19.9 Å². The summed E-state index contributed by atoms with van der Waals surface area (Å²) < 4.78 is 16.2. The van der Waals surface area contributed by atoms with Gasteiger partial charge < -0.3 is 18.8 Å². The van der Waals surface area contributed by atoms with Gasteiger partial charge in [-0.1, -0.05) is 0 Å². The minimum Gasteiger partial charge on any atom is -0.483 e. The molecule has 0 bridgehead atoms. The number of rotatable bonds is 3. The van der Waals surface area contributed by atoms with Gasteiger partial charge in [-0.15, -0.1) is 0 Å². The van der Waals surface area contributed by atoms with Gasteiger partial charge >= 0.3 is 11.6 Å². The first kappa shape index (κ1) is 17.6. The summed E-state index contributed by atoms with van der Waals surface area (Å²) in [4.78, 5) is 37.8. The van der Waals surface area contributed by atoms with Crippen molar-refractivity contribution < 1.29 is 23.5 Å². The van der Waals surface area contributed by atoms with Gasteiger partial charge in [0.1, 0.15) is 11.3 Å². The molecule has 4 rings (SSSR count). The van der Waals surface area contributed by atoms with E-state index in [-0.39, 0.29) is 35.9 Å². The fourth-order valence-corrected chi connectivity index (χ4v) is 3.84. The van der Waals surface area contributed by atoms with Crippen molar-refractivity contribution in [3.05, 3.63) is 39.2 Å². The second-order valence-electron chi connectivity index (χ2n) is 7.36. The Labute approximate surface area is 155 Å². The van der Waals surface area contributed by atoms with Crippen LogP contribution in [0.25, 0.3) is 11.0 Å². The Bertz CT molecular complexity index is 1010. The maximum atomic E-state index is 12.6. The highest BCUT2D eigenvalue weighted by molar-refractivity contribution is 5.89. The molecule has 7 heteroatoms. The Kier molecular flexibility index (Phi) is 4.17. The van der Waals surface area contributed by atoms with Crippen molar-refractivity contribution in [1.82, 2.24) is 4.90 Å². The van der Waals surface area contributed by atoms with Crippen molar-refractivity contribution in [2.75, 3.05) is 26.3 Å². The number of fused-ring (bicyclic) bond motifs is 2. The largest absolute Gasteiger partial charge is 0.483 e. The summed E-state index contributed by atoms with van der Waals surface area (Å²) in [5.41, 5.74) is 2.25. The van der Waals surface area contributed by atoms with Crippen molar-refractivity contribution in [2.24, 2.45) is 11.8 Å². The normalized spacial score (nSPS) is 21.4. The Balaban J connectivity index is 1.55. The molecule has 0 saturated carbocycles. The first-order valence-electron chi connectivity index (χ1n) is 8.97. The zero-order valence-corrected chi connectivity index (χ0v) is 15.5. The molecule has 0 spiro atoms. The highest BCUT2D eigenvalue weighted by Gasteiger charge is 2.45. The fraction of sp³-hybridized carbons (Fsp3) is 0.450. The van der Waals surface area contributed by atoms with Crippen LogP contribution in [0.4, 0.5) is 0 Å². The third-order valence-corrected chi connectivity index (χ3v) is 5.54. The lowest BCUT2D eigenvalue weighted by Gasteiger charge is -2.18. The molecule has 0 unspecified atom stereocenters. The van der Waals surface area contributed by atoms with Gasteiger partial charge in [0.15, 0.2) is 6.61 Å². The number of hydrogen-bond acceptors (Lipinski definition) is 6. The Morgan fingerprint density at radius 2 is 1.96 bits per heavy atom. The van der Waals surface area contributed by atoms with Crippen molar-refractivity contribution in [2.45, 2.75) is 20.8 Å². The summed E-state index contributed by atoms with van der Waals surface area (Å²) in [5.74, 6) is -0.00419. The second kappa shape index (κ2) is 6.40. The molecule has 27 heavy (non-hydrogen) atoms. The second-order valence-corrected chi connectivity index (χ2v) is 7.36. The zero-order chi connectivity index (χ0) is 19.3. The molecule has 1 aromatic carbocycles. The number of esters is 1. The number of carbonyl (C=O) groups is 2. The number of nitrogens with zero attached hydrogens (tertiary/aromatic N) is 1. The SMILES string of the molecule is Cc1cc(OCC(=O)N2C[C@@H]3COC(=O)[C@@H]3C2)c2c(C)c(C)c(=O)oc2c1. The first-order chi connectivity index (χ1) is 12.8. The number of cyclic esters (lactones) is 1. The van der Waals surface area contributed by atoms with Crippen molar-refractivity contribution in [1.29, 1.82) is 0 Å². The van der Waals surface area contributed by atoms with E-state index in [4.69, 9.17) is 13.9 Å². The predicted molar refractivity (Wildman–Crippen MR) is 96.7 cm³/mol. The lowest BCUT2D eigenvalue weighted by atomic mass is 10.0. The molecule has 7 nitrogen and oxygen atoms in total. The van der Waals surface area contributed by atoms with Gasteiger partial charge in [0.2, 0.25) is 0 Å². The van der Waals surface area contributed by atoms with E-state index in [2.05, 4.69) is 0 Å². The number of ether oxygens (including phenoxy) is 2. The third kappa shape index (κ3) is 2.97. The van der Waals surface area contributed by atoms with Crippen LogP contribution in [0.2, 0.25) is 0 Å². The van der Waals surface area contributed by atoms with Crippen LogP contribution in [0, 0.1) is 32.6 Å². The molecule has 2 atom stereocenters. The smallest absolute Gasteiger partial charge is 0.339 e. The maximum Gasteiger partial charge on any atom is 0.339 e. The minimum absolute atomic E-state index is 0.0837. The van der Waals surface area contributed by atoms with Crippen molar-refractivity contribution >= 4 is 22.8 Å². The zero-order valence-electron chi connectivity index (χ0n) is 15.5. The van der Waals surface area contributed by atoms with Crippen LogP contribution in [-0.2, 0) is 14.3 Å². The number of aryl methyl sites for hydroxylation is 2. The summed E-state index contributed by atoms with van der Waals surface area (Å²) >= 11 is 0. The molecule has 1 aromatic heterocycles. The number of amides is 1. The molecule has 3 heterocycles. The molecule has 2 aliphatic heterocycles. The van der Waals surface area contributed by atoms with Crippen molar-refractivity contribution in [3.8, 4) is 5.75 Å². The average molecular weight is 371 g/mol. The molecular formula is C20H21NO6. The number of likely N-dealkylation sites (tertiary alicyclic amines) is 1. The first-order valence-corrected chi connectivity index (χ1v) is 8.97. The minimum atomic E-state index is -0.372. The van der Waals surface area contributed by atoms with E-state index in [0.29, 0.717) is 42.0 Å². The molecule has 0 aliphatic carbocycles. The summed E-state index contributed by atoms with van der Waals surface area (Å²) in [6.45, 7) is 6.56. The molecule has 1 amide bonds. The number of benzene rings is 1. The van der Waals surface area contributed by atoms with Gasteiger partial charge in [0.05, 0.1) is 17.9 Å². The molecule has 142 valence electrons. The van der Waals surface area contributed by atoms with Crippen LogP contribution in [0.15, 0.2) is 21.3 Å². The van der Waals surface area contributed by atoms with Crippen LogP contribution in [0.1, 0.15) is 16.7 Å². The van der Waals surface area contributed by atoms with Crippen LogP contribution in [0.5, 0.6) is 5.75 Å². The third-order valence-electron chi connectivity index (χ3n) is 5.54. The predicted octanol–water partition coefficient (Wildman–Crippen LogP) is 1.73. The van der Waals surface area contributed by atoms with Gasteiger partial charge in [0, 0.05) is 24.6 Å². The van der Waals surface area contributed by atoms with E-state index >= 15 is 0 Å². The monoisotopic (exact) mass is 371 g/mol. The molecule has 2 aromatic rings. The van der Waals surface area contributed by atoms with E-state index in [1.165, 1.54) is 0 Å². The highest BCUT2D eigenvalue weighted by Crippen LogP contribution is 2.32. The van der Waals surface area contributed by atoms with Crippen LogP contribution in [-0.4, -0.2) is 43.1 Å². The Hall–Kier alpha value is -2.83. The van der Waals surface area contributed by atoms with Crippen LogP contribution in [0.3, 0.4) is 0 Å². The Morgan fingerprint density at radius 3 is 2.70 bits per heavy atom. The van der Waals surface area contributed by atoms with E-state index in [9.17, 15) is 14.4 Å². The van der Waals surface area contributed by atoms with E-state index < -0.39 is 0 Å². The number of hydrogen-bond donors (Lipinski definition) is 0. The van der Waals surface area contributed by atoms with Crippen molar-refractivity contribution in [3.63, 3.8) is 0 Å². The summed E-state index contributed by atoms with van der Waals surface area (Å²) in [6, 6.07) is 3.61. The van der Waals surface area contributed by atoms with Gasteiger partial charge in [0.25, 0.3) is 5.91 Å². The lowest BCUT2D eigenvalue weighted by molar-refractivity contribution is -0.142. The molecule has 0 radical (unpaired) electrons. The topological polar surface area (TPSA) is 86.0 Å². The molecule has 2 saturated heterocycles. The maximum absolute atomic E-state index is 12.6. The molecule has 0 N–H and O–H groups in total. The Morgan fingerprint density at radius 1 is 1.19 bits per heavy atom. The summed E-state index contributed by atoms with van der Waals surface area (Å²) in [6.07, 6.45) is 0.